The SMILES string of the molecule is NC(=O)[C@H](Sc1ncc(-c2ccc(F)cc2)[nH]1)c1ccccc1. The largest absolute Gasteiger partial charge is 0.368 e. The Morgan fingerprint density at radius 2 is 1.83 bits per heavy atom. The van der Waals surface area contributed by atoms with Crippen LogP contribution in [0.1, 0.15) is 10.8 Å². The summed E-state index contributed by atoms with van der Waals surface area (Å²) in [5.41, 5.74) is 7.91. The molecular weight excluding hydrogens is 313 g/mol. The number of imidazole rings is 1. The van der Waals surface area contributed by atoms with Crippen LogP contribution < -0.4 is 5.73 Å². The van der Waals surface area contributed by atoms with Crippen molar-refractivity contribution in [3.8, 4) is 11.3 Å². The molecule has 1 amide bonds. The number of carbonyl (C=O) groups is 1. The Balaban J connectivity index is 1.82. The summed E-state index contributed by atoms with van der Waals surface area (Å²) >= 11 is 1.25. The molecule has 0 fully saturated rings. The summed E-state index contributed by atoms with van der Waals surface area (Å²) in [6, 6.07) is 15.4. The molecule has 0 saturated heterocycles. The number of primary amides is 1. The van der Waals surface area contributed by atoms with Gasteiger partial charge in [0.2, 0.25) is 5.91 Å². The van der Waals surface area contributed by atoms with Crippen molar-refractivity contribution in [1.29, 1.82) is 0 Å². The molecule has 2 aromatic carbocycles. The fourth-order valence-corrected chi connectivity index (χ4v) is 3.08. The molecule has 3 aromatic rings. The summed E-state index contributed by atoms with van der Waals surface area (Å²) in [4.78, 5) is 19.1. The fraction of sp³-hybridized carbons (Fsp3) is 0.0588. The van der Waals surface area contributed by atoms with Gasteiger partial charge in [0, 0.05) is 0 Å². The van der Waals surface area contributed by atoms with Crippen LogP contribution in [0.25, 0.3) is 11.3 Å². The lowest BCUT2D eigenvalue weighted by Crippen LogP contribution is -2.19. The van der Waals surface area contributed by atoms with E-state index in [2.05, 4.69) is 9.97 Å². The Morgan fingerprint density at radius 3 is 2.48 bits per heavy atom. The van der Waals surface area contributed by atoms with Gasteiger partial charge in [-0.2, -0.15) is 0 Å². The predicted octanol–water partition coefficient (Wildman–Crippen LogP) is 3.53. The Bertz CT molecular complexity index is 802. The smallest absolute Gasteiger partial charge is 0.235 e. The third-order valence-electron chi connectivity index (χ3n) is 3.30. The van der Waals surface area contributed by atoms with Crippen LogP contribution in [0, 0.1) is 5.82 Å². The Morgan fingerprint density at radius 1 is 1.13 bits per heavy atom. The minimum absolute atomic E-state index is 0.291. The van der Waals surface area contributed by atoms with Gasteiger partial charge in [0.1, 0.15) is 11.1 Å². The number of thioether (sulfide) groups is 1. The van der Waals surface area contributed by atoms with Gasteiger partial charge in [-0.3, -0.25) is 4.79 Å². The fourth-order valence-electron chi connectivity index (χ4n) is 2.17. The lowest BCUT2D eigenvalue weighted by Gasteiger charge is -2.11. The molecule has 0 radical (unpaired) electrons. The second-order valence-corrected chi connectivity index (χ2v) is 6.01. The lowest BCUT2D eigenvalue weighted by atomic mass is 10.1. The first-order chi connectivity index (χ1) is 11.1. The molecule has 0 aliphatic rings. The third kappa shape index (κ3) is 3.60. The van der Waals surface area contributed by atoms with E-state index in [-0.39, 0.29) is 5.82 Å². The van der Waals surface area contributed by atoms with Gasteiger partial charge in [0.15, 0.2) is 5.16 Å². The Hall–Kier alpha value is -2.60. The van der Waals surface area contributed by atoms with E-state index < -0.39 is 11.2 Å². The molecule has 0 unspecified atom stereocenters. The second-order valence-electron chi connectivity index (χ2n) is 4.92. The van der Waals surface area contributed by atoms with Crippen molar-refractivity contribution < 1.29 is 9.18 Å². The molecule has 4 nitrogen and oxygen atoms in total. The molecule has 6 heteroatoms. The summed E-state index contributed by atoms with van der Waals surface area (Å²) in [6.07, 6.45) is 1.65. The summed E-state index contributed by atoms with van der Waals surface area (Å²) < 4.78 is 13.0. The first-order valence-electron chi connectivity index (χ1n) is 6.95. The number of nitrogens with two attached hydrogens (primary N) is 1. The van der Waals surface area contributed by atoms with Crippen molar-refractivity contribution in [2.75, 3.05) is 0 Å². The van der Waals surface area contributed by atoms with E-state index in [4.69, 9.17) is 5.73 Å². The van der Waals surface area contributed by atoms with Gasteiger partial charge < -0.3 is 10.7 Å². The first kappa shape index (κ1) is 15.3. The highest BCUT2D eigenvalue weighted by atomic mass is 32.2. The van der Waals surface area contributed by atoms with Crippen LogP contribution in [0.15, 0.2) is 66.0 Å². The maximum atomic E-state index is 13.0. The summed E-state index contributed by atoms with van der Waals surface area (Å²) in [5.74, 6) is -0.721. The van der Waals surface area contributed by atoms with Crippen molar-refractivity contribution in [2.45, 2.75) is 10.4 Å². The summed E-state index contributed by atoms with van der Waals surface area (Å²) in [7, 11) is 0. The number of amides is 1. The van der Waals surface area contributed by atoms with E-state index in [1.165, 1.54) is 23.9 Å². The number of H-pyrrole nitrogens is 1. The second kappa shape index (κ2) is 6.66. The van der Waals surface area contributed by atoms with Gasteiger partial charge in [0.25, 0.3) is 0 Å². The summed E-state index contributed by atoms with van der Waals surface area (Å²) in [5, 5.41) is 0.0559. The zero-order chi connectivity index (χ0) is 16.2. The topological polar surface area (TPSA) is 71.8 Å². The number of carbonyl (C=O) groups excluding carboxylic acids is 1. The molecule has 116 valence electrons. The van der Waals surface area contributed by atoms with E-state index in [9.17, 15) is 9.18 Å². The van der Waals surface area contributed by atoms with Crippen LogP contribution in [0.3, 0.4) is 0 Å². The number of rotatable bonds is 5. The zero-order valence-electron chi connectivity index (χ0n) is 12.1. The Labute approximate surface area is 136 Å². The van der Waals surface area contributed by atoms with Crippen LogP contribution in [0.5, 0.6) is 0 Å². The molecule has 1 aromatic heterocycles. The van der Waals surface area contributed by atoms with Crippen LogP contribution in [0.4, 0.5) is 4.39 Å². The normalized spacial score (nSPS) is 12.0. The Kier molecular flexibility index (Phi) is 4.43. The molecule has 0 aliphatic heterocycles. The molecule has 0 aliphatic carbocycles. The van der Waals surface area contributed by atoms with Gasteiger partial charge in [-0.05, 0) is 35.4 Å². The van der Waals surface area contributed by atoms with Crippen LogP contribution in [-0.4, -0.2) is 15.9 Å². The number of hydrogen-bond acceptors (Lipinski definition) is 3. The number of aromatic amines is 1. The average Bonchev–Trinajstić information content (AvgIpc) is 3.02. The van der Waals surface area contributed by atoms with E-state index in [0.717, 1.165) is 16.8 Å². The predicted molar refractivity (Wildman–Crippen MR) is 88.2 cm³/mol. The molecule has 0 bridgehead atoms. The van der Waals surface area contributed by atoms with Crippen molar-refractivity contribution in [3.63, 3.8) is 0 Å². The maximum Gasteiger partial charge on any atom is 0.235 e. The van der Waals surface area contributed by atoms with E-state index in [0.29, 0.717) is 5.16 Å². The van der Waals surface area contributed by atoms with Gasteiger partial charge in [0.05, 0.1) is 11.9 Å². The van der Waals surface area contributed by atoms with Gasteiger partial charge in [-0.25, -0.2) is 9.37 Å². The highest BCUT2D eigenvalue weighted by Gasteiger charge is 2.20. The van der Waals surface area contributed by atoms with Crippen molar-refractivity contribution in [2.24, 2.45) is 5.73 Å². The van der Waals surface area contributed by atoms with Crippen LogP contribution in [0.2, 0.25) is 0 Å². The molecular formula is C17H14FN3OS. The van der Waals surface area contributed by atoms with E-state index >= 15 is 0 Å². The van der Waals surface area contributed by atoms with Crippen LogP contribution >= 0.6 is 11.8 Å². The van der Waals surface area contributed by atoms with Crippen molar-refractivity contribution in [1.82, 2.24) is 9.97 Å². The number of benzene rings is 2. The zero-order valence-corrected chi connectivity index (χ0v) is 12.9. The third-order valence-corrected chi connectivity index (χ3v) is 4.47. The molecule has 3 rings (SSSR count). The molecule has 1 heterocycles. The monoisotopic (exact) mass is 327 g/mol. The minimum atomic E-state index is -0.525. The first-order valence-corrected chi connectivity index (χ1v) is 7.83. The highest BCUT2D eigenvalue weighted by Crippen LogP contribution is 2.34. The molecule has 0 saturated carbocycles. The number of halogens is 1. The van der Waals surface area contributed by atoms with E-state index in [1.807, 2.05) is 30.3 Å². The van der Waals surface area contributed by atoms with E-state index in [1.54, 1.807) is 18.3 Å². The van der Waals surface area contributed by atoms with Gasteiger partial charge >= 0.3 is 0 Å². The highest BCUT2D eigenvalue weighted by molar-refractivity contribution is 8.00. The van der Waals surface area contributed by atoms with Crippen LogP contribution in [-0.2, 0) is 4.79 Å². The lowest BCUT2D eigenvalue weighted by molar-refractivity contribution is -0.117. The quantitative estimate of drug-likeness (QED) is 0.704. The van der Waals surface area contributed by atoms with Crippen molar-refractivity contribution >= 4 is 17.7 Å². The summed E-state index contributed by atoms with van der Waals surface area (Å²) in [6.45, 7) is 0. The standard InChI is InChI=1S/C17H14FN3OS/c18-13-8-6-11(7-9-13)14-10-20-17(21-14)23-15(16(19)22)12-4-2-1-3-5-12/h1-10,15H,(H2,19,22)(H,20,21)/t15-/m1/s1. The average molecular weight is 327 g/mol. The molecule has 23 heavy (non-hydrogen) atoms. The molecule has 1 atom stereocenters. The van der Waals surface area contributed by atoms with Gasteiger partial charge in [-0.15, -0.1) is 0 Å². The number of aromatic nitrogens is 2. The number of nitrogens with one attached hydrogen (secondary N) is 1. The van der Waals surface area contributed by atoms with Crippen molar-refractivity contribution in [3.05, 3.63) is 72.2 Å². The molecule has 3 N–H and O–H groups in total. The number of nitrogens with zero attached hydrogens (tertiary/aromatic N) is 1. The van der Waals surface area contributed by atoms with Gasteiger partial charge in [-0.1, -0.05) is 42.1 Å². The maximum absolute atomic E-state index is 13.0. The number of hydrogen-bond donors (Lipinski definition) is 2. The molecule has 0 spiro atoms. The minimum Gasteiger partial charge on any atom is -0.368 e.